The summed E-state index contributed by atoms with van der Waals surface area (Å²) >= 11 is 0. The van der Waals surface area contributed by atoms with Gasteiger partial charge in [-0.25, -0.2) is 4.79 Å². The summed E-state index contributed by atoms with van der Waals surface area (Å²) in [6, 6.07) is 0. The van der Waals surface area contributed by atoms with Crippen molar-refractivity contribution in [1.29, 1.82) is 0 Å². The van der Waals surface area contributed by atoms with Crippen LogP contribution in [-0.2, 0) is 4.74 Å². The monoisotopic (exact) mass is 410 g/mol. The van der Waals surface area contributed by atoms with Crippen LogP contribution in [0.5, 0.6) is 0 Å². The topological polar surface area (TPSA) is 62.1 Å². The highest BCUT2D eigenvalue weighted by molar-refractivity contribution is 5.96. The summed E-state index contributed by atoms with van der Waals surface area (Å²) in [7, 11) is 0. The van der Waals surface area contributed by atoms with Crippen molar-refractivity contribution in [3.05, 3.63) is 0 Å². The predicted molar refractivity (Wildman–Crippen MR) is 80.5 cm³/mol. The maximum atomic E-state index is 14.0. The molecule has 0 fully saturated rings. The van der Waals surface area contributed by atoms with Gasteiger partial charge in [0.05, 0.1) is 0 Å². The molecule has 1 heterocycles. The van der Waals surface area contributed by atoms with E-state index >= 15 is 0 Å². The van der Waals surface area contributed by atoms with E-state index in [0.717, 1.165) is 0 Å². The first-order valence-electron chi connectivity index (χ1n) is 7.74. The number of amides is 1. The smallest absolute Gasteiger partial charge is 0.442 e. The minimum absolute atomic E-state index is 0.00600. The molecule has 0 aromatic heterocycles. The van der Waals surface area contributed by atoms with E-state index in [1.165, 1.54) is 41.5 Å². The minimum Gasteiger partial charge on any atom is -0.442 e. The van der Waals surface area contributed by atoms with Gasteiger partial charge in [-0.3, -0.25) is 0 Å². The highest BCUT2D eigenvalue weighted by Gasteiger charge is 2.76. The summed E-state index contributed by atoms with van der Waals surface area (Å²) in [6.07, 6.45) is -9.46. The van der Waals surface area contributed by atoms with Crippen LogP contribution in [0.15, 0.2) is 5.10 Å². The molecule has 5 nitrogen and oxygen atoms in total. The van der Waals surface area contributed by atoms with Crippen LogP contribution in [-0.4, -0.2) is 51.3 Å². The number of hydrazone groups is 1. The molecule has 1 aliphatic rings. The second-order valence-electron chi connectivity index (χ2n) is 8.23. The molecule has 27 heavy (non-hydrogen) atoms. The van der Waals surface area contributed by atoms with Crippen molar-refractivity contribution in [3.8, 4) is 0 Å². The van der Waals surface area contributed by atoms with Gasteiger partial charge in [0.15, 0.2) is 5.72 Å². The van der Waals surface area contributed by atoms with E-state index in [1.54, 1.807) is 0 Å². The third-order valence-corrected chi connectivity index (χ3v) is 3.87. The normalized spacial score (nSPS) is 22.7. The lowest BCUT2D eigenvalue weighted by Crippen LogP contribution is -2.58. The lowest BCUT2D eigenvalue weighted by molar-refractivity contribution is -0.336. The van der Waals surface area contributed by atoms with Gasteiger partial charge in [0, 0.05) is 11.8 Å². The van der Waals surface area contributed by atoms with Gasteiger partial charge in [-0.2, -0.15) is 40.8 Å². The highest BCUT2D eigenvalue weighted by Crippen LogP contribution is 2.51. The lowest BCUT2D eigenvalue weighted by Gasteiger charge is -2.41. The molecule has 0 aromatic rings. The van der Waals surface area contributed by atoms with Crippen molar-refractivity contribution in [1.82, 2.24) is 5.01 Å². The molecule has 1 amide bonds. The van der Waals surface area contributed by atoms with Crippen molar-refractivity contribution >= 4 is 11.8 Å². The number of carbonyl (C=O) groups is 1. The predicted octanol–water partition coefficient (Wildman–Crippen LogP) is 4.55. The SMILES string of the molecule is CC(C)(C)OC(=O)N1N=C(C(F)(F)C(F)(F)C(F)(F)F)C[C@]1(O)C(C)(C)C. The van der Waals surface area contributed by atoms with E-state index in [-0.39, 0.29) is 5.01 Å². The molecular weight excluding hydrogens is 389 g/mol. The molecule has 1 rings (SSSR count). The third-order valence-electron chi connectivity index (χ3n) is 3.87. The third kappa shape index (κ3) is 3.99. The number of nitrogens with zero attached hydrogens (tertiary/aromatic N) is 2. The molecule has 158 valence electrons. The molecule has 0 radical (unpaired) electrons. The van der Waals surface area contributed by atoms with Crippen LogP contribution in [0.4, 0.5) is 35.5 Å². The number of hydrogen-bond donors (Lipinski definition) is 1. The second kappa shape index (κ2) is 6.21. The summed E-state index contributed by atoms with van der Waals surface area (Å²) < 4.78 is 96.9. The Hall–Kier alpha value is -1.59. The summed E-state index contributed by atoms with van der Waals surface area (Å²) in [5.41, 5.74) is -7.21. The second-order valence-corrected chi connectivity index (χ2v) is 8.23. The largest absolute Gasteiger partial charge is 0.460 e. The number of rotatable bonds is 2. The van der Waals surface area contributed by atoms with E-state index in [2.05, 4.69) is 5.10 Å². The zero-order valence-electron chi connectivity index (χ0n) is 15.5. The summed E-state index contributed by atoms with van der Waals surface area (Å²) in [6.45, 7) is 7.99. The molecule has 0 saturated carbocycles. The van der Waals surface area contributed by atoms with Gasteiger partial charge in [-0.05, 0) is 20.8 Å². The number of aliphatic hydroxyl groups is 1. The zero-order valence-corrected chi connectivity index (χ0v) is 15.5. The summed E-state index contributed by atoms with van der Waals surface area (Å²) in [4.78, 5) is 12.2. The van der Waals surface area contributed by atoms with Crippen LogP contribution in [0.3, 0.4) is 0 Å². The molecular formula is C15H21F7N2O3. The number of carbonyl (C=O) groups excluding carboxylic acids is 1. The molecule has 0 aliphatic carbocycles. The molecule has 0 aromatic carbocycles. The summed E-state index contributed by atoms with van der Waals surface area (Å²) in [5.74, 6) is -12.2. The highest BCUT2D eigenvalue weighted by atomic mass is 19.4. The van der Waals surface area contributed by atoms with Crippen molar-refractivity contribution in [3.63, 3.8) is 0 Å². The average Bonchev–Trinajstić information content (AvgIpc) is 2.74. The molecule has 1 atom stereocenters. The number of ether oxygens (including phenoxy) is 1. The Labute approximate surface area is 151 Å². The van der Waals surface area contributed by atoms with Gasteiger partial charge in [0.2, 0.25) is 0 Å². The zero-order chi connectivity index (χ0) is 21.9. The van der Waals surface area contributed by atoms with E-state index in [4.69, 9.17) is 4.74 Å². The van der Waals surface area contributed by atoms with Crippen LogP contribution in [0.2, 0.25) is 0 Å². The van der Waals surface area contributed by atoms with Gasteiger partial charge in [0.25, 0.3) is 0 Å². The number of alkyl halides is 7. The fourth-order valence-corrected chi connectivity index (χ4v) is 2.16. The van der Waals surface area contributed by atoms with E-state index in [9.17, 15) is 40.6 Å². The average molecular weight is 410 g/mol. The minimum atomic E-state index is -6.57. The van der Waals surface area contributed by atoms with Gasteiger partial charge in [-0.15, -0.1) is 0 Å². The number of hydrogen-bond acceptors (Lipinski definition) is 4. The van der Waals surface area contributed by atoms with Crippen LogP contribution < -0.4 is 0 Å². The fourth-order valence-electron chi connectivity index (χ4n) is 2.16. The Morgan fingerprint density at radius 1 is 1.04 bits per heavy atom. The van der Waals surface area contributed by atoms with Crippen molar-refractivity contribution in [2.45, 2.75) is 77.3 Å². The van der Waals surface area contributed by atoms with Crippen LogP contribution in [0, 0.1) is 5.41 Å². The van der Waals surface area contributed by atoms with Crippen molar-refractivity contribution < 1.29 is 45.4 Å². The Kier molecular flexibility index (Phi) is 5.39. The Bertz CT molecular complexity index is 633. The Morgan fingerprint density at radius 2 is 1.48 bits per heavy atom. The first-order chi connectivity index (χ1) is 11.6. The van der Waals surface area contributed by atoms with Crippen LogP contribution in [0.1, 0.15) is 48.0 Å². The van der Waals surface area contributed by atoms with Gasteiger partial charge in [-0.1, -0.05) is 20.8 Å². The first kappa shape index (κ1) is 23.4. The first-order valence-corrected chi connectivity index (χ1v) is 7.74. The van der Waals surface area contributed by atoms with Crippen molar-refractivity contribution in [2.75, 3.05) is 0 Å². The lowest BCUT2D eigenvalue weighted by atomic mass is 9.79. The van der Waals surface area contributed by atoms with Gasteiger partial charge < -0.3 is 9.84 Å². The Balaban J connectivity index is 3.47. The van der Waals surface area contributed by atoms with Crippen LogP contribution >= 0.6 is 0 Å². The quantitative estimate of drug-likeness (QED) is 0.680. The molecule has 0 bridgehead atoms. The van der Waals surface area contributed by atoms with E-state index in [1.807, 2.05) is 0 Å². The fraction of sp³-hybridized carbons (Fsp3) is 0.867. The van der Waals surface area contributed by atoms with Crippen molar-refractivity contribution in [2.24, 2.45) is 10.5 Å². The maximum Gasteiger partial charge on any atom is 0.460 e. The molecule has 1 aliphatic heterocycles. The standard InChI is InChI=1S/C15H21F7N2O3/c1-10(2,3)12(26)7-8(13(16,17)14(18,19)15(20,21)22)23-24(12)9(25)27-11(4,5)6/h26H,7H2,1-6H3/t12-/m0/s1. The molecule has 0 unspecified atom stereocenters. The maximum absolute atomic E-state index is 14.0. The van der Waals surface area contributed by atoms with Gasteiger partial charge in [0.1, 0.15) is 11.3 Å². The van der Waals surface area contributed by atoms with E-state index < -0.39 is 53.0 Å². The number of halogens is 7. The Morgan fingerprint density at radius 3 is 1.81 bits per heavy atom. The molecule has 0 spiro atoms. The summed E-state index contributed by atoms with van der Waals surface area (Å²) in [5, 5.41) is 13.6. The molecule has 1 N–H and O–H groups in total. The van der Waals surface area contributed by atoms with E-state index in [0.29, 0.717) is 0 Å². The van der Waals surface area contributed by atoms with Crippen LogP contribution in [0.25, 0.3) is 0 Å². The van der Waals surface area contributed by atoms with Gasteiger partial charge >= 0.3 is 24.1 Å². The molecule has 12 heteroatoms. The molecule has 0 saturated heterocycles.